The first-order valence-electron chi connectivity index (χ1n) is 4.47. The molecule has 2 N–H and O–H groups in total. The van der Waals surface area contributed by atoms with Gasteiger partial charge in [-0.2, -0.15) is 0 Å². The van der Waals surface area contributed by atoms with Gasteiger partial charge in [0.1, 0.15) is 0 Å². The number of nitrogen functional groups attached to an aromatic ring is 1. The molecule has 0 saturated heterocycles. The number of hydrogen-bond acceptors (Lipinski definition) is 4. The maximum Gasteiger partial charge on any atom is 0.344 e. The van der Waals surface area contributed by atoms with Crippen LogP contribution >= 0.6 is 11.6 Å². The summed E-state index contributed by atoms with van der Waals surface area (Å²) in [6, 6.07) is 4.99. The molecule has 0 aliphatic carbocycles. The Morgan fingerprint density at radius 3 is 2.87 bits per heavy atom. The molecule has 0 radical (unpaired) electrons. The first-order valence-corrected chi connectivity index (χ1v) is 4.85. The Bertz CT molecular complexity index is 334. The average Bonchev–Trinajstić information content (AvgIpc) is 2.17. The first-order chi connectivity index (χ1) is 7.15. The van der Waals surface area contributed by atoms with E-state index in [0.29, 0.717) is 23.1 Å². The molecule has 0 saturated carbocycles. The maximum absolute atomic E-state index is 11.0. The van der Waals surface area contributed by atoms with E-state index >= 15 is 0 Å². The van der Waals surface area contributed by atoms with Gasteiger partial charge in [0, 0.05) is 0 Å². The Hall–Kier alpha value is -1.42. The van der Waals surface area contributed by atoms with Crippen molar-refractivity contribution in [3.05, 3.63) is 23.2 Å². The third-order valence-corrected chi connectivity index (χ3v) is 1.93. The molecule has 0 fully saturated rings. The number of rotatable bonds is 4. The van der Waals surface area contributed by atoms with Crippen LogP contribution < -0.4 is 10.5 Å². The number of ether oxygens (including phenoxy) is 2. The second kappa shape index (κ2) is 5.46. The Morgan fingerprint density at radius 2 is 2.27 bits per heavy atom. The van der Waals surface area contributed by atoms with E-state index in [2.05, 4.69) is 0 Å². The van der Waals surface area contributed by atoms with Crippen molar-refractivity contribution in [3.63, 3.8) is 0 Å². The predicted molar refractivity (Wildman–Crippen MR) is 58.0 cm³/mol. The molecule has 0 heterocycles. The third kappa shape index (κ3) is 3.32. The number of anilines is 1. The van der Waals surface area contributed by atoms with Crippen LogP contribution in [0.15, 0.2) is 18.2 Å². The fourth-order valence-corrected chi connectivity index (χ4v) is 1.25. The van der Waals surface area contributed by atoms with Crippen LogP contribution in [0.4, 0.5) is 5.69 Å². The van der Waals surface area contributed by atoms with Crippen molar-refractivity contribution in [2.24, 2.45) is 0 Å². The summed E-state index contributed by atoms with van der Waals surface area (Å²) in [4.78, 5) is 11.0. The fourth-order valence-electron chi connectivity index (χ4n) is 1.01. The molecule has 0 unspecified atom stereocenters. The van der Waals surface area contributed by atoms with E-state index in [0.717, 1.165) is 0 Å². The topological polar surface area (TPSA) is 61.5 Å². The second-order valence-corrected chi connectivity index (χ2v) is 3.16. The lowest BCUT2D eigenvalue weighted by Gasteiger charge is -2.09. The maximum atomic E-state index is 11.0. The van der Waals surface area contributed by atoms with Gasteiger partial charge in [-0.15, -0.1) is 0 Å². The van der Waals surface area contributed by atoms with Gasteiger partial charge in [0.25, 0.3) is 0 Å². The van der Waals surface area contributed by atoms with Gasteiger partial charge in [0.2, 0.25) is 0 Å². The minimum atomic E-state index is -0.447. The SMILES string of the molecule is CCOC(=O)COc1c(N)cccc1Cl. The summed E-state index contributed by atoms with van der Waals surface area (Å²) in [5.74, 6) is -0.135. The van der Waals surface area contributed by atoms with E-state index in [-0.39, 0.29) is 6.61 Å². The normalized spacial score (nSPS) is 9.73. The van der Waals surface area contributed by atoms with Crippen molar-refractivity contribution < 1.29 is 14.3 Å². The zero-order valence-electron chi connectivity index (χ0n) is 8.33. The number of carbonyl (C=O) groups is 1. The highest BCUT2D eigenvalue weighted by Crippen LogP contribution is 2.30. The minimum Gasteiger partial charge on any atom is -0.478 e. The van der Waals surface area contributed by atoms with Crippen LogP contribution in [-0.2, 0) is 9.53 Å². The van der Waals surface area contributed by atoms with E-state index in [9.17, 15) is 4.79 Å². The molecule has 0 aliphatic rings. The van der Waals surface area contributed by atoms with Crippen molar-refractivity contribution in [2.75, 3.05) is 18.9 Å². The van der Waals surface area contributed by atoms with Gasteiger partial charge < -0.3 is 15.2 Å². The molecule has 82 valence electrons. The van der Waals surface area contributed by atoms with Gasteiger partial charge >= 0.3 is 5.97 Å². The van der Waals surface area contributed by atoms with E-state index in [1.807, 2.05) is 0 Å². The highest BCUT2D eigenvalue weighted by atomic mass is 35.5. The van der Waals surface area contributed by atoms with Gasteiger partial charge in [-0.1, -0.05) is 17.7 Å². The highest BCUT2D eigenvalue weighted by molar-refractivity contribution is 6.32. The van der Waals surface area contributed by atoms with E-state index in [1.54, 1.807) is 25.1 Å². The number of benzene rings is 1. The lowest BCUT2D eigenvalue weighted by molar-refractivity contribution is -0.145. The van der Waals surface area contributed by atoms with E-state index < -0.39 is 5.97 Å². The molecular formula is C10H12ClNO3. The molecule has 0 aliphatic heterocycles. The molecule has 0 spiro atoms. The zero-order chi connectivity index (χ0) is 11.3. The first kappa shape index (κ1) is 11.7. The van der Waals surface area contributed by atoms with E-state index in [1.165, 1.54) is 0 Å². The molecule has 0 aromatic heterocycles. The molecule has 0 amide bonds. The van der Waals surface area contributed by atoms with Crippen molar-refractivity contribution in [2.45, 2.75) is 6.92 Å². The second-order valence-electron chi connectivity index (χ2n) is 2.75. The Balaban J connectivity index is 2.61. The molecule has 15 heavy (non-hydrogen) atoms. The molecule has 1 aromatic rings. The Labute approximate surface area is 92.9 Å². The lowest BCUT2D eigenvalue weighted by atomic mass is 10.3. The fraction of sp³-hybridized carbons (Fsp3) is 0.300. The molecule has 0 bridgehead atoms. The molecule has 1 aromatic carbocycles. The van der Waals surface area contributed by atoms with Crippen molar-refractivity contribution in [1.82, 2.24) is 0 Å². The van der Waals surface area contributed by atoms with Crippen LogP contribution in [-0.4, -0.2) is 19.2 Å². The van der Waals surface area contributed by atoms with Crippen molar-refractivity contribution in [1.29, 1.82) is 0 Å². The molecule has 0 atom stereocenters. The van der Waals surface area contributed by atoms with Crippen LogP contribution in [0.5, 0.6) is 5.75 Å². The Kier molecular flexibility index (Phi) is 4.24. The monoisotopic (exact) mass is 229 g/mol. The van der Waals surface area contributed by atoms with Gasteiger partial charge in [-0.05, 0) is 19.1 Å². The predicted octanol–water partition coefficient (Wildman–Crippen LogP) is 1.86. The Morgan fingerprint density at radius 1 is 1.53 bits per heavy atom. The van der Waals surface area contributed by atoms with Crippen molar-refractivity contribution >= 4 is 23.3 Å². The quantitative estimate of drug-likeness (QED) is 0.633. The van der Waals surface area contributed by atoms with Crippen molar-refractivity contribution in [3.8, 4) is 5.75 Å². The third-order valence-electron chi connectivity index (χ3n) is 1.64. The van der Waals surface area contributed by atoms with Gasteiger partial charge in [-0.3, -0.25) is 0 Å². The zero-order valence-corrected chi connectivity index (χ0v) is 9.08. The average molecular weight is 230 g/mol. The summed E-state index contributed by atoms with van der Waals surface area (Å²) in [5, 5.41) is 0.374. The summed E-state index contributed by atoms with van der Waals surface area (Å²) in [5.41, 5.74) is 6.02. The summed E-state index contributed by atoms with van der Waals surface area (Å²) >= 11 is 5.83. The number of halogens is 1. The van der Waals surface area contributed by atoms with Crippen LogP contribution in [0.1, 0.15) is 6.92 Å². The number of carbonyl (C=O) groups excluding carboxylic acids is 1. The summed E-state index contributed by atoms with van der Waals surface area (Å²) < 4.78 is 9.85. The van der Waals surface area contributed by atoms with Crippen LogP contribution in [0.2, 0.25) is 5.02 Å². The smallest absolute Gasteiger partial charge is 0.344 e. The van der Waals surface area contributed by atoms with Crippen LogP contribution in [0.3, 0.4) is 0 Å². The van der Waals surface area contributed by atoms with Gasteiger partial charge in [0.15, 0.2) is 12.4 Å². The summed E-state index contributed by atoms with van der Waals surface area (Å²) in [7, 11) is 0. The standard InChI is InChI=1S/C10H12ClNO3/c1-2-14-9(13)6-15-10-7(11)4-3-5-8(10)12/h3-5H,2,6,12H2,1H3. The number of hydrogen-bond donors (Lipinski definition) is 1. The van der Waals surface area contributed by atoms with Crippen LogP contribution in [0, 0.1) is 0 Å². The molecule has 4 nitrogen and oxygen atoms in total. The van der Waals surface area contributed by atoms with Crippen LogP contribution in [0.25, 0.3) is 0 Å². The number of nitrogens with two attached hydrogens (primary N) is 1. The molecular weight excluding hydrogens is 218 g/mol. The van der Waals surface area contributed by atoms with E-state index in [4.69, 9.17) is 26.8 Å². The number of esters is 1. The van der Waals surface area contributed by atoms with Gasteiger partial charge in [0.05, 0.1) is 17.3 Å². The summed E-state index contributed by atoms with van der Waals surface area (Å²) in [6.07, 6.45) is 0. The molecule has 5 heteroatoms. The largest absolute Gasteiger partial charge is 0.478 e. The minimum absolute atomic E-state index is 0.193. The summed E-state index contributed by atoms with van der Waals surface area (Å²) in [6.45, 7) is 1.85. The molecule has 1 rings (SSSR count). The highest BCUT2D eigenvalue weighted by Gasteiger charge is 2.08. The van der Waals surface area contributed by atoms with Gasteiger partial charge in [-0.25, -0.2) is 4.79 Å². The lowest BCUT2D eigenvalue weighted by Crippen LogP contribution is -2.15. The number of para-hydroxylation sites is 1.